The first-order valence-corrected chi connectivity index (χ1v) is 25.2. The molecule has 2 bridgehead atoms. The second-order valence-electron chi connectivity index (χ2n) is 10.7. The van der Waals surface area contributed by atoms with Gasteiger partial charge in [-0.3, -0.25) is 0 Å². The molecule has 0 fully saturated rings. The van der Waals surface area contributed by atoms with Crippen LogP contribution in [0.4, 0.5) is 0 Å². The summed E-state index contributed by atoms with van der Waals surface area (Å²) >= 11 is 0.465. The molecule has 208 valence electrons. The van der Waals surface area contributed by atoms with Crippen LogP contribution in [-0.2, 0) is 20.5 Å². The summed E-state index contributed by atoms with van der Waals surface area (Å²) in [4.78, 5) is 0. The van der Waals surface area contributed by atoms with Crippen LogP contribution in [0.3, 0.4) is 0 Å². The van der Waals surface area contributed by atoms with Crippen LogP contribution in [0.25, 0.3) is 43.8 Å². The number of halogens is 2. The molecular weight excluding hydrogens is 651 g/mol. The molecule has 6 aromatic carbocycles. The fourth-order valence-electron chi connectivity index (χ4n) is 5.86. The summed E-state index contributed by atoms with van der Waals surface area (Å²) in [5, 5.41) is 5.37. The molecule has 6 aromatic rings. The van der Waals surface area contributed by atoms with Crippen molar-refractivity contribution >= 4 is 32.4 Å². The molecular formula is C36H34Cl2Si2Zr-4. The monoisotopic (exact) mass is 682 g/mol. The Morgan fingerprint density at radius 2 is 0.902 bits per heavy atom. The summed E-state index contributed by atoms with van der Waals surface area (Å²) in [7, 11) is 0. The normalized spacial score (nSPS) is 12.7. The summed E-state index contributed by atoms with van der Waals surface area (Å²) in [5.41, 5.74) is 8.97. The van der Waals surface area contributed by atoms with Crippen LogP contribution in [0.5, 0.6) is 0 Å². The minimum absolute atomic E-state index is 0. The van der Waals surface area contributed by atoms with Crippen molar-refractivity contribution in [2.75, 3.05) is 0 Å². The maximum absolute atomic E-state index is 2.26. The predicted molar refractivity (Wildman–Crippen MR) is 170 cm³/mol. The smallest absolute Gasteiger partial charge is 0.0279 e. The molecule has 2 heterocycles. The number of fused-ring (bicyclic) bond motifs is 2. The van der Waals surface area contributed by atoms with E-state index in [1.54, 1.807) is 24.2 Å². The molecule has 0 spiro atoms. The van der Waals surface area contributed by atoms with Crippen molar-refractivity contribution in [3.63, 3.8) is 0 Å². The minimum Gasteiger partial charge on any atom is -1.00 e. The predicted octanol–water partition coefficient (Wildman–Crippen LogP) is 4.16. The Morgan fingerprint density at radius 1 is 0.512 bits per heavy atom. The van der Waals surface area contributed by atoms with Gasteiger partial charge in [-0.25, -0.2) is 0 Å². The molecule has 0 saturated carbocycles. The molecule has 2 aliphatic heterocycles. The van der Waals surface area contributed by atoms with Crippen LogP contribution in [0.2, 0.25) is 24.2 Å². The van der Waals surface area contributed by atoms with Gasteiger partial charge in [0.05, 0.1) is 0 Å². The van der Waals surface area contributed by atoms with Gasteiger partial charge in [0.1, 0.15) is 0 Å². The zero-order valence-electron chi connectivity index (χ0n) is 23.6. The maximum Gasteiger partial charge on any atom is -0.0279 e. The van der Waals surface area contributed by atoms with E-state index in [4.69, 9.17) is 0 Å². The van der Waals surface area contributed by atoms with Gasteiger partial charge in [0, 0.05) is 0 Å². The summed E-state index contributed by atoms with van der Waals surface area (Å²) < 4.78 is 0. The Kier molecular flexibility index (Phi) is 11.6. The Bertz CT molecular complexity index is 1670. The zero-order chi connectivity index (χ0) is 26.6. The minimum atomic E-state index is 0. The van der Waals surface area contributed by atoms with Gasteiger partial charge in [-0.05, 0) is 11.1 Å². The number of hydrogen-bond acceptors (Lipinski definition) is 0. The van der Waals surface area contributed by atoms with Crippen molar-refractivity contribution in [1.29, 1.82) is 0 Å². The van der Waals surface area contributed by atoms with E-state index >= 15 is 0 Å². The number of benzene rings is 4. The fourth-order valence-corrected chi connectivity index (χ4v) is 48.4. The molecule has 0 nitrogen and oxygen atoms in total. The average Bonchev–Trinajstić information content (AvgIpc) is 3.78. The van der Waals surface area contributed by atoms with Crippen LogP contribution in [0.15, 0.2) is 121 Å². The standard InChI is InChI=1S/2C16H13.C4H8Si2.2ClH.Zr/c2*1-12-10-14-8-5-9-15(16(14)11-12)13-6-3-2-4-7-13;1-2-6-4-3-5-1;;;/h2*2-11H,1H3;1-4H2;2*1H;/q2*-1;;;;/p-2. The Hall–Kier alpha value is -2.00. The van der Waals surface area contributed by atoms with E-state index in [0.717, 1.165) is 0 Å². The molecule has 0 aromatic heterocycles. The molecule has 0 aliphatic carbocycles. The van der Waals surface area contributed by atoms with Gasteiger partial charge in [-0.2, -0.15) is 12.1 Å². The third-order valence-corrected chi connectivity index (χ3v) is 38.0. The Morgan fingerprint density at radius 3 is 1.24 bits per heavy atom. The van der Waals surface area contributed by atoms with E-state index in [1.165, 1.54) is 54.9 Å². The maximum atomic E-state index is 2.26. The molecule has 0 radical (unpaired) electrons. The molecule has 0 saturated heterocycles. The van der Waals surface area contributed by atoms with Gasteiger partial charge in [0.2, 0.25) is 0 Å². The fraction of sp³-hybridized carbons (Fsp3) is 0.167. The van der Waals surface area contributed by atoms with E-state index in [9.17, 15) is 0 Å². The molecule has 8 rings (SSSR count). The van der Waals surface area contributed by atoms with Gasteiger partial charge in [0.15, 0.2) is 0 Å². The first-order chi connectivity index (χ1) is 19.1. The van der Waals surface area contributed by atoms with E-state index < -0.39 is 0 Å². The summed E-state index contributed by atoms with van der Waals surface area (Å²) in [6.07, 6.45) is 0. The van der Waals surface area contributed by atoms with Gasteiger partial charge < -0.3 is 24.8 Å². The van der Waals surface area contributed by atoms with Crippen molar-refractivity contribution in [3.05, 3.63) is 132 Å². The van der Waals surface area contributed by atoms with Crippen LogP contribution in [0.1, 0.15) is 11.1 Å². The zero-order valence-corrected chi connectivity index (χ0v) is 29.6. The third kappa shape index (κ3) is 7.69. The largest absolute Gasteiger partial charge is 1.00 e. The van der Waals surface area contributed by atoms with Crippen molar-refractivity contribution in [2.24, 2.45) is 0 Å². The molecule has 0 N–H and O–H groups in total. The molecule has 0 amide bonds. The molecule has 2 aliphatic rings. The van der Waals surface area contributed by atoms with E-state index in [2.05, 4.69) is 135 Å². The van der Waals surface area contributed by atoms with Crippen molar-refractivity contribution in [3.8, 4) is 22.3 Å². The first-order valence-electron chi connectivity index (χ1n) is 14.0. The van der Waals surface area contributed by atoms with Gasteiger partial charge in [0.25, 0.3) is 0 Å². The van der Waals surface area contributed by atoms with Crippen molar-refractivity contribution in [2.45, 2.75) is 38.0 Å². The number of rotatable bonds is 2. The summed E-state index contributed by atoms with van der Waals surface area (Å²) in [5.74, 6) is 0. The Labute approximate surface area is 268 Å². The van der Waals surface area contributed by atoms with E-state index in [0.29, 0.717) is 31.3 Å². The first kappa shape index (κ1) is 31.9. The van der Waals surface area contributed by atoms with Gasteiger partial charge in [-0.15, -0.1) is 69.1 Å². The number of aryl methyl sites for hydroxylation is 2. The Balaban J connectivity index is 0.000000147. The third-order valence-electron chi connectivity index (χ3n) is 7.77. The van der Waals surface area contributed by atoms with Gasteiger partial charge in [-0.1, -0.05) is 97.8 Å². The quantitative estimate of drug-likeness (QED) is 0.190. The van der Waals surface area contributed by atoms with Crippen LogP contribution in [0, 0.1) is 13.8 Å². The average molecular weight is 685 g/mol. The van der Waals surface area contributed by atoms with Crippen molar-refractivity contribution in [1.82, 2.24) is 0 Å². The molecule has 5 heteroatoms. The SMILES string of the molecule is C1C[Si]2=[Zr]=[Si]1CC2.Cc1cc2c(-c3ccccc3)cccc2[cH-]1.Cc1cc2c(-c3ccccc3)cccc2[cH-]1.[Cl-].[Cl-]. The number of hydrogen-bond donors (Lipinski definition) is 0. The van der Waals surface area contributed by atoms with E-state index in [-0.39, 0.29) is 24.8 Å². The van der Waals surface area contributed by atoms with Crippen LogP contribution in [-0.4, -0.2) is 10.9 Å². The summed E-state index contributed by atoms with van der Waals surface area (Å²) in [6, 6.07) is 50.2. The van der Waals surface area contributed by atoms with Crippen molar-refractivity contribution < 1.29 is 45.3 Å². The second kappa shape index (κ2) is 14.9. The van der Waals surface area contributed by atoms with Gasteiger partial charge >= 0.3 is 55.5 Å². The second-order valence-corrected chi connectivity index (χ2v) is 32.1. The molecule has 41 heavy (non-hydrogen) atoms. The molecule has 0 unspecified atom stereocenters. The topological polar surface area (TPSA) is 0 Å². The van der Waals surface area contributed by atoms with Crippen LogP contribution < -0.4 is 24.8 Å². The van der Waals surface area contributed by atoms with Crippen LogP contribution >= 0.6 is 0 Å². The molecule has 0 atom stereocenters. The van der Waals surface area contributed by atoms with E-state index in [1.807, 2.05) is 0 Å². The summed E-state index contributed by atoms with van der Waals surface area (Å²) in [6.45, 7) is 4.30.